The lowest BCUT2D eigenvalue weighted by atomic mass is 9.99. The van der Waals surface area contributed by atoms with Crippen molar-refractivity contribution in [2.24, 2.45) is 5.16 Å². The van der Waals surface area contributed by atoms with E-state index in [1.807, 2.05) is 10.6 Å². The summed E-state index contributed by atoms with van der Waals surface area (Å²) in [5.74, 6) is 0.377. The summed E-state index contributed by atoms with van der Waals surface area (Å²) in [4.78, 5) is 17.5. The average Bonchev–Trinajstić information content (AvgIpc) is 2.61. The SMILES string of the molecule is CO/N=C1\C(=O)N([Si](C)(C)C)c2ccc(C(C)C)cc21. The number of rotatable bonds is 3. The molecule has 1 aromatic carbocycles. The zero-order valence-electron chi connectivity index (χ0n) is 13.0. The molecule has 0 saturated carbocycles. The lowest BCUT2D eigenvalue weighted by Crippen LogP contribution is -2.49. The van der Waals surface area contributed by atoms with Gasteiger partial charge in [0.2, 0.25) is 0 Å². The highest BCUT2D eigenvalue weighted by atomic mass is 28.3. The highest BCUT2D eigenvalue weighted by Crippen LogP contribution is 2.35. The van der Waals surface area contributed by atoms with E-state index in [0.717, 1.165) is 11.3 Å². The van der Waals surface area contributed by atoms with E-state index in [1.54, 1.807) is 0 Å². The van der Waals surface area contributed by atoms with Crippen molar-refractivity contribution < 1.29 is 9.63 Å². The van der Waals surface area contributed by atoms with Crippen LogP contribution in [0.5, 0.6) is 0 Å². The first-order valence-corrected chi connectivity index (χ1v) is 10.3. The molecule has 0 spiro atoms. The molecule has 1 heterocycles. The summed E-state index contributed by atoms with van der Waals surface area (Å²) in [7, 11) is -0.331. The van der Waals surface area contributed by atoms with Gasteiger partial charge in [-0.2, -0.15) is 0 Å². The number of nitrogens with zero attached hydrogens (tertiary/aromatic N) is 2. The van der Waals surface area contributed by atoms with Gasteiger partial charge in [0.15, 0.2) is 13.9 Å². The Morgan fingerprint density at radius 3 is 2.40 bits per heavy atom. The molecule has 0 bridgehead atoms. The third kappa shape index (κ3) is 2.38. The van der Waals surface area contributed by atoms with E-state index < -0.39 is 8.24 Å². The molecule has 1 aromatic rings. The van der Waals surface area contributed by atoms with Gasteiger partial charge in [0.05, 0.1) is 0 Å². The summed E-state index contributed by atoms with van der Waals surface area (Å²) in [6.07, 6.45) is 0. The Morgan fingerprint density at radius 1 is 1.25 bits per heavy atom. The minimum atomic E-state index is -1.81. The molecular weight excluding hydrogens is 268 g/mol. The van der Waals surface area contributed by atoms with Gasteiger partial charge in [-0.3, -0.25) is 4.79 Å². The molecule has 0 atom stereocenters. The summed E-state index contributed by atoms with van der Waals surface area (Å²) in [6, 6.07) is 6.20. The zero-order chi connectivity index (χ0) is 15.1. The molecule has 0 N–H and O–H groups in total. The van der Waals surface area contributed by atoms with Crippen molar-refractivity contribution >= 4 is 25.5 Å². The van der Waals surface area contributed by atoms with Crippen LogP contribution >= 0.6 is 0 Å². The highest BCUT2D eigenvalue weighted by molar-refractivity contribution is 6.87. The van der Waals surface area contributed by atoms with Crippen LogP contribution in [0.25, 0.3) is 0 Å². The maximum atomic E-state index is 12.6. The highest BCUT2D eigenvalue weighted by Gasteiger charge is 2.41. The van der Waals surface area contributed by atoms with Crippen molar-refractivity contribution in [3.05, 3.63) is 29.3 Å². The Kier molecular flexibility index (Phi) is 3.73. The zero-order valence-corrected chi connectivity index (χ0v) is 14.0. The summed E-state index contributed by atoms with van der Waals surface area (Å²) in [5, 5.41) is 3.96. The standard InChI is InChI=1S/C15H22N2O2Si/c1-10(2)11-7-8-13-12(9-11)14(16-19-3)15(18)17(13)20(4,5)6/h7-10H,1-6H3/b16-14-. The van der Waals surface area contributed by atoms with Crippen LogP contribution in [-0.4, -0.2) is 27.0 Å². The molecule has 1 aliphatic heterocycles. The smallest absolute Gasteiger partial charge is 0.273 e. The number of benzene rings is 1. The number of anilines is 1. The number of oxime groups is 1. The van der Waals surface area contributed by atoms with Crippen LogP contribution in [0.4, 0.5) is 5.69 Å². The van der Waals surface area contributed by atoms with E-state index >= 15 is 0 Å². The molecule has 2 rings (SSSR count). The average molecular weight is 290 g/mol. The van der Waals surface area contributed by atoms with Crippen LogP contribution in [0.2, 0.25) is 19.6 Å². The summed E-state index contributed by atoms with van der Waals surface area (Å²) < 4.78 is 1.92. The molecule has 0 unspecified atom stereocenters. The summed E-state index contributed by atoms with van der Waals surface area (Å²) in [5.41, 5.74) is 3.49. The minimum absolute atomic E-state index is 0.0399. The summed E-state index contributed by atoms with van der Waals surface area (Å²) >= 11 is 0. The van der Waals surface area contributed by atoms with Gasteiger partial charge < -0.3 is 9.40 Å². The van der Waals surface area contributed by atoms with Crippen LogP contribution in [0.3, 0.4) is 0 Å². The van der Waals surface area contributed by atoms with Gasteiger partial charge in [0, 0.05) is 11.3 Å². The molecular formula is C15H22N2O2Si. The first-order valence-electron chi connectivity index (χ1n) is 6.87. The van der Waals surface area contributed by atoms with E-state index in [2.05, 4.69) is 50.8 Å². The van der Waals surface area contributed by atoms with Gasteiger partial charge in [-0.25, -0.2) is 0 Å². The number of hydrogen-bond acceptors (Lipinski definition) is 3. The van der Waals surface area contributed by atoms with E-state index in [1.165, 1.54) is 12.7 Å². The Balaban J connectivity index is 2.64. The molecule has 0 radical (unpaired) electrons. The maximum Gasteiger partial charge on any atom is 0.273 e. The third-order valence-electron chi connectivity index (χ3n) is 3.44. The van der Waals surface area contributed by atoms with Gasteiger partial charge in [-0.1, -0.05) is 44.7 Å². The summed E-state index contributed by atoms with van der Waals surface area (Å²) in [6.45, 7) is 10.7. The molecule has 108 valence electrons. The van der Waals surface area contributed by atoms with E-state index in [-0.39, 0.29) is 5.91 Å². The van der Waals surface area contributed by atoms with Gasteiger partial charge in [-0.15, -0.1) is 0 Å². The van der Waals surface area contributed by atoms with E-state index in [9.17, 15) is 4.79 Å². The van der Waals surface area contributed by atoms with Crippen molar-refractivity contribution in [2.45, 2.75) is 39.4 Å². The normalized spacial score (nSPS) is 17.1. The van der Waals surface area contributed by atoms with Gasteiger partial charge >= 0.3 is 0 Å². The molecule has 0 fully saturated rings. The van der Waals surface area contributed by atoms with E-state index in [0.29, 0.717) is 11.6 Å². The minimum Gasteiger partial charge on any atom is -0.398 e. The van der Waals surface area contributed by atoms with Crippen molar-refractivity contribution in [1.29, 1.82) is 0 Å². The Labute approximate surface area is 121 Å². The molecule has 0 aromatic heterocycles. The molecule has 20 heavy (non-hydrogen) atoms. The predicted molar refractivity (Wildman–Crippen MR) is 84.9 cm³/mol. The fourth-order valence-corrected chi connectivity index (χ4v) is 4.11. The number of carbonyl (C=O) groups excluding carboxylic acids is 1. The van der Waals surface area contributed by atoms with Crippen molar-refractivity contribution in [2.75, 3.05) is 11.7 Å². The van der Waals surface area contributed by atoms with E-state index in [4.69, 9.17) is 4.84 Å². The van der Waals surface area contributed by atoms with Crippen LogP contribution in [-0.2, 0) is 9.63 Å². The largest absolute Gasteiger partial charge is 0.398 e. The Bertz CT molecular complexity index is 574. The monoisotopic (exact) mass is 290 g/mol. The fourth-order valence-electron chi connectivity index (χ4n) is 2.47. The van der Waals surface area contributed by atoms with Crippen molar-refractivity contribution in [1.82, 2.24) is 0 Å². The molecule has 0 aliphatic carbocycles. The molecule has 1 amide bonds. The third-order valence-corrected chi connectivity index (χ3v) is 5.23. The van der Waals surface area contributed by atoms with Crippen LogP contribution in [0.15, 0.2) is 23.4 Å². The topological polar surface area (TPSA) is 41.9 Å². The second-order valence-electron chi connectivity index (χ2n) is 6.37. The number of hydrogen-bond donors (Lipinski definition) is 0. The number of carbonyl (C=O) groups is 1. The fraction of sp³-hybridized carbons (Fsp3) is 0.467. The second kappa shape index (κ2) is 5.05. The van der Waals surface area contributed by atoms with Crippen LogP contribution < -0.4 is 4.57 Å². The number of amides is 1. The first-order chi connectivity index (χ1) is 9.27. The first kappa shape index (κ1) is 14.8. The van der Waals surface area contributed by atoms with Crippen LogP contribution in [0, 0.1) is 0 Å². The van der Waals surface area contributed by atoms with Gasteiger partial charge in [-0.05, 0) is 23.6 Å². The molecule has 1 aliphatic rings. The molecule has 5 heteroatoms. The van der Waals surface area contributed by atoms with Crippen molar-refractivity contribution in [3.63, 3.8) is 0 Å². The quantitative estimate of drug-likeness (QED) is 0.633. The van der Waals surface area contributed by atoms with Crippen LogP contribution in [0.1, 0.15) is 30.9 Å². The van der Waals surface area contributed by atoms with Crippen molar-refractivity contribution in [3.8, 4) is 0 Å². The lowest BCUT2D eigenvalue weighted by Gasteiger charge is -2.30. The van der Waals surface area contributed by atoms with Gasteiger partial charge in [0.1, 0.15) is 7.11 Å². The second-order valence-corrected chi connectivity index (χ2v) is 11.2. The number of fused-ring (bicyclic) bond motifs is 1. The molecule has 0 saturated heterocycles. The predicted octanol–water partition coefficient (Wildman–Crippen LogP) is 3.34. The van der Waals surface area contributed by atoms with Gasteiger partial charge in [0.25, 0.3) is 5.91 Å². The Hall–Kier alpha value is -1.62. The molecule has 4 nitrogen and oxygen atoms in total. The lowest BCUT2D eigenvalue weighted by molar-refractivity contribution is -0.111. The Morgan fingerprint density at radius 2 is 1.90 bits per heavy atom. The maximum absolute atomic E-state index is 12.6.